The van der Waals surface area contributed by atoms with Crippen LogP contribution in [0, 0.1) is 6.92 Å². The Morgan fingerprint density at radius 2 is 1.62 bits per heavy atom. The first-order valence-electron chi connectivity index (χ1n) is 4.52. The smallest absolute Gasteiger partial charge is 0.267 e. The maximum Gasteiger partial charge on any atom is 0.267 e. The molecule has 70 valence electrons. The molecule has 1 aliphatic rings. The topological polar surface area (TPSA) is 26.9 Å². The van der Waals surface area contributed by atoms with Crippen molar-refractivity contribution in [3.63, 3.8) is 0 Å². The van der Waals surface area contributed by atoms with Gasteiger partial charge in [0.1, 0.15) is 0 Å². The molecule has 0 radical (unpaired) electrons. The van der Waals surface area contributed by atoms with E-state index in [2.05, 4.69) is 13.8 Å². The number of allylic oxidation sites excluding steroid dienone is 2. The van der Waals surface area contributed by atoms with E-state index in [1.165, 1.54) is 11.1 Å². The first kappa shape index (κ1) is 8.35. The van der Waals surface area contributed by atoms with Gasteiger partial charge in [0.2, 0.25) is 0 Å². The van der Waals surface area contributed by atoms with Gasteiger partial charge in [-0.3, -0.25) is 9.48 Å². The summed E-state index contributed by atoms with van der Waals surface area (Å²) < 4.78 is 3.85. The number of rotatable bonds is 0. The van der Waals surface area contributed by atoms with Crippen molar-refractivity contribution >= 4 is 0 Å². The molecule has 0 fully saturated rings. The van der Waals surface area contributed by atoms with Gasteiger partial charge in [-0.15, -0.1) is 0 Å². The van der Waals surface area contributed by atoms with Crippen LogP contribution in [-0.4, -0.2) is 9.36 Å². The standard InChI is InChI=1S/C10H14N2O/c1-7-5-11-9(3)4-10(13)12(11)6-8(7)2/h4H,5-6H2,1-3H3. The summed E-state index contributed by atoms with van der Waals surface area (Å²) in [6.07, 6.45) is 0. The molecule has 0 saturated carbocycles. The first-order chi connectivity index (χ1) is 6.09. The Balaban J connectivity index is 2.58. The maximum atomic E-state index is 11.5. The van der Waals surface area contributed by atoms with Gasteiger partial charge in [-0.2, -0.15) is 0 Å². The molecule has 0 bridgehead atoms. The van der Waals surface area contributed by atoms with Gasteiger partial charge in [-0.05, 0) is 20.8 Å². The lowest BCUT2D eigenvalue weighted by Crippen LogP contribution is -2.28. The first-order valence-corrected chi connectivity index (χ1v) is 4.52. The summed E-state index contributed by atoms with van der Waals surface area (Å²) >= 11 is 0. The number of hydrogen-bond acceptors (Lipinski definition) is 1. The van der Waals surface area contributed by atoms with Crippen molar-refractivity contribution in [2.75, 3.05) is 0 Å². The Labute approximate surface area is 77.3 Å². The van der Waals surface area contributed by atoms with E-state index in [1.807, 2.05) is 11.6 Å². The summed E-state index contributed by atoms with van der Waals surface area (Å²) in [5.41, 5.74) is 3.85. The van der Waals surface area contributed by atoms with Gasteiger partial charge in [-0.1, -0.05) is 11.1 Å². The summed E-state index contributed by atoms with van der Waals surface area (Å²) in [6.45, 7) is 7.81. The van der Waals surface area contributed by atoms with Gasteiger partial charge >= 0.3 is 0 Å². The van der Waals surface area contributed by atoms with Gasteiger partial charge < -0.3 is 0 Å². The molecule has 0 amide bonds. The Kier molecular flexibility index (Phi) is 1.68. The highest BCUT2D eigenvalue weighted by Crippen LogP contribution is 2.15. The lowest BCUT2D eigenvalue weighted by molar-refractivity contribution is 0.455. The fourth-order valence-corrected chi connectivity index (χ4v) is 1.73. The van der Waals surface area contributed by atoms with Crippen LogP contribution in [0.25, 0.3) is 0 Å². The summed E-state index contributed by atoms with van der Waals surface area (Å²) in [4.78, 5) is 11.5. The monoisotopic (exact) mass is 178 g/mol. The lowest BCUT2D eigenvalue weighted by Gasteiger charge is -2.21. The van der Waals surface area contributed by atoms with Crippen LogP contribution in [-0.2, 0) is 13.1 Å². The van der Waals surface area contributed by atoms with Crippen molar-refractivity contribution in [1.82, 2.24) is 9.36 Å². The van der Waals surface area contributed by atoms with Crippen LogP contribution in [0.3, 0.4) is 0 Å². The van der Waals surface area contributed by atoms with Gasteiger partial charge in [-0.25, -0.2) is 4.68 Å². The molecule has 0 unspecified atom stereocenters. The van der Waals surface area contributed by atoms with Crippen LogP contribution >= 0.6 is 0 Å². The third kappa shape index (κ3) is 1.15. The van der Waals surface area contributed by atoms with Crippen LogP contribution in [0.4, 0.5) is 0 Å². The molecule has 1 aromatic rings. The van der Waals surface area contributed by atoms with E-state index in [0.29, 0.717) is 0 Å². The van der Waals surface area contributed by atoms with Crippen LogP contribution in [0.5, 0.6) is 0 Å². The second-order valence-electron chi connectivity index (χ2n) is 3.80. The van der Waals surface area contributed by atoms with Crippen molar-refractivity contribution < 1.29 is 0 Å². The third-order valence-corrected chi connectivity index (χ3v) is 2.79. The third-order valence-electron chi connectivity index (χ3n) is 2.79. The number of aryl methyl sites for hydroxylation is 1. The minimum absolute atomic E-state index is 0.115. The van der Waals surface area contributed by atoms with E-state index in [9.17, 15) is 4.79 Å². The van der Waals surface area contributed by atoms with Crippen LogP contribution in [0.15, 0.2) is 22.0 Å². The molecular weight excluding hydrogens is 164 g/mol. The Morgan fingerprint density at radius 1 is 1.08 bits per heavy atom. The second-order valence-corrected chi connectivity index (χ2v) is 3.80. The number of hydrogen-bond donors (Lipinski definition) is 0. The van der Waals surface area contributed by atoms with Gasteiger partial charge in [0.15, 0.2) is 0 Å². The molecule has 3 heteroatoms. The molecule has 1 aliphatic heterocycles. The fraction of sp³-hybridized carbons (Fsp3) is 0.500. The Morgan fingerprint density at radius 3 is 2.23 bits per heavy atom. The number of aromatic nitrogens is 2. The normalized spacial score (nSPS) is 16.2. The maximum absolute atomic E-state index is 11.5. The molecule has 2 rings (SSSR count). The fourth-order valence-electron chi connectivity index (χ4n) is 1.73. The van der Waals surface area contributed by atoms with E-state index in [4.69, 9.17) is 0 Å². The summed E-state index contributed by atoms with van der Waals surface area (Å²) in [5.74, 6) is 0. The molecule has 1 aromatic heterocycles. The van der Waals surface area contributed by atoms with Crippen molar-refractivity contribution in [3.05, 3.63) is 33.3 Å². The summed E-state index contributed by atoms with van der Waals surface area (Å²) in [7, 11) is 0. The minimum atomic E-state index is 0.115. The van der Waals surface area contributed by atoms with Crippen LogP contribution in [0.2, 0.25) is 0 Å². The van der Waals surface area contributed by atoms with Gasteiger partial charge in [0.05, 0.1) is 13.1 Å². The predicted octanol–water partition coefficient (Wildman–Crippen LogP) is 1.31. The van der Waals surface area contributed by atoms with Crippen LogP contribution < -0.4 is 5.56 Å². The highest BCUT2D eigenvalue weighted by Gasteiger charge is 2.14. The largest absolute Gasteiger partial charge is 0.283 e. The Bertz CT molecular complexity index is 434. The SMILES string of the molecule is CC1=C(C)Cn2c(=O)cc(C)n2C1. The average molecular weight is 178 g/mol. The minimum Gasteiger partial charge on any atom is -0.283 e. The number of fused-ring (bicyclic) bond motifs is 1. The van der Waals surface area contributed by atoms with Crippen LogP contribution in [0.1, 0.15) is 19.5 Å². The summed E-state index contributed by atoms with van der Waals surface area (Å²) in [5, 5.41) is 0. The molecule has 0 atom stereocenters. The van der Waals surface area contributed by atoms with E-state index < -0.39 is 0 Å². The van der Waals surface area contributed by atoms with Gasteiger partial charge in [0.25, 0.3) is 5.56 Å². The molecule has 2 heterocycles. The molecule has 0 N–H and O–H groups in total. The highest BCUT2D eigenvalue weighted by molar-refractivity contribution is 5.15. The second kappa shape index (κ2) is 2.62. The van der Waals surface area contributed by atoms with E-state index in [1.54, 1.807) is 10.7 Å². The Hall–Kier alpha value is -1.25. The summed E-state index contributed by atoms with van der Waals surface area (Å²) in [6, 6.07) is 1.70. The lowest BCUT2D eigenvalue weighted by atomic mass is 10.1. The molecule has 0 aromatic carbocycles. The zero-order valence-electron chi connectivity index (χ0n) is 8.29. The molecule has 0 aliphatic carbocycles. The molecule has 0 spiro atoms. The van der Waals surface area contributed by atoms with E-state index >= 15 is 0 Å². The number of nitrogens with zero attached hydrogens (tertiary/aromatic N) is 2. The van der Waals surface area contributed by atoms with E-state index in [0.717, 1.165) is 18.8 Å². The van der Waals surface area contributed by atoms with Crippen molar-refractivity contribution in [2.24, 2.45) is 0 Å². The molecule has 3 nitrogen and oxygen atoms in total. The van der Waals surface area contributed by atoms with Crippen molar-refractivity contribution in [2.45, 2.75) is 33.9 Å². The highest BCUT2D eigenvalue weighted by atomic mass is 16.1. The zero-order chi connectivity index (χ0) is 9.59. The quantitative estimate of drug-likeness (QED) is 0.550. The molecule has 13 heavy (non-hydrogen) atoms. The molecule has 0 saturated heterocycles. The van der Waals surface area contributed by atoms with Crippen molar-refractivity contribution in [3.8, 4) is 0 Å². The predicted molar refractivity (Wildman–Crippen MR) is 51.8 cm³/mol. The average Bonchev–Trinajstić information content (AvgIpc) is 2.31. The zero-order valence-corrected chi connectivity index (χ0v) is 8.29. The van der Waals surface area contributed by atoms with Gasteiger partial charge in [0, 0.05) is 11.8 Å². The van der Waals surface area contributed by atoms with E-state index in [-0.39, 0.29) is 5.56 Å². The van der Waals surface area contributed by atoms with Crippen molar-refractivity contribution in [1.29, 1.82) is 0 Å². The molecular formula is C10H14N2O.